The van der Waals surface area contributed by atoms with Crippen LogP contribution < -0.4 is 0 Å². The average Bonchev–Trinajstić information content (AvgIpc) is 2.74. The monoisotopic (exact) mass is 365 g/mol. The molecule has 142 valence electrons. The molecular weight excluding hydrogens is 338 g/mol. The predicted octanol–water partition coefficient (Wildman–Crippen LogP) is 4.70. The van der Waals surface area contributed by atoms with Crippen molar-refractivity contribution in [2.24, 2.45) is 5.92 Å². The summed E-state index contributed by atoms with van der Waals surface area (Å²) in [5.74, 6) is 0.292. The molecule has 4 heteroatoms. The van der Waals surface area contributed by atoms with Crippen LogP contribution in [0.4, 0.5) is 0 Å². The minimum absolute atomic E-state index is 0.0678. The van der Waals surface area contributed by atoms with Gasteiger partial charge >= 0.3 is 5.97 Å². The van der Waals surface area contributed by atoms with Gasteiger partial charge in [-0.25, -0.2) is 4.79 Å². The number of amides is 1. The summed E-state index contributed by atoms with van der Waals surface area (Å²) in [5.41, 5.74) is 2.26. The molecule has 27 heavy (non-hydrogen) atoms. The number of hydrogen-bond acceptors (Lipinski definition) is 3. The van der Waals surface area contributed by atoms with Gasteiger partial charge in [0.05, 0.1) is 12.7 Å². The molecule has 0 aliphatic heterocycles. The van der Waals surface area contributed by atoms with Crippen LogP contribution >= 0.6 is 0 Å². The van der Waals surface area contributed by atoms with Gasteiger partial charge in [0.1, 0.15) is 0 Å². The average molecular weight is 365 g/mol. The lowest BCUT2D eigenvalue weighted by Crippen LogP contribution is -2.35. The Morgan fingerprint density at radius 1 is 0.926 bits per heavy atom. The maximum atomic E-state index is 13.1. The highest BCUT2D eigenvalue weighted by Gasteiger charge is 2.22. The molecule has 3 rings (SSSR count). The summed E-state index contributed by atoms with van der Waals surface area (Å²) in [7, 11) is 1.38. The Labute approximate surface area is 161 Å². The van der Waals surface area contributed by atoms with Gasteiger partial charge in [-0.2, -0.15) is 0 Å². The minimum atomic E-state index is -0.346. The van der Waals surface area contributed by atoms with Gasteiger partial charge in [-0.05, 0) is 48.6 Å². The molecule has 0 radical (unpaired) electrons. The molecule has 0 bridgehead atoms. The number of methoxy groups -OCH3 is 1. The van der Waals surface area contributed by atoms with Crippen LogP contribution in [0, 0.1) is 5.92 Å². The summed E-state index contributed by atoms with van der Waals surface area (Å²) in [4.78, 5) is 26.7. The van der Waals surface area contributed by atoms with Crippen LogP contribution in [0.15, 0.2) is 54.6 Å². The molecule has 1 amide bonds. The maximum absolute atomic E-state index is 13.1. The van der Waals surface area contributed by atoms with Crippen molar-refractivity contribution in [2.75, 3.05) is 13.7 Å². The van der Waals surface area contributed by atoms with Crippen molar-refractivity contribution >= 4 is 11.9 Å². The first-order valence-corrected chi connectivity index (χ1v) is 9.69. The number of nitrogens with zero attached hydrogens (tertiary/aromatic N) is 1. The second-order valence-corrected chi connectivity index (χ2v) is 7.24. The fraction of sp³-hybridized carbons (Fsp3) is 0.391. The van der Waals surface area contributed by atoms with Gasteiger partial charge < -0.3 is 9.64 Å². The fourth-order valence-corrected chi connectivity index (χ4v) is 3.75. The Hall–Kier alpha value is -2.62. The lowest BCUT2D eigenvalue weighted by atomic mass is 9.88. The zero-order chi connectivity index (χ0) is 19.1. The highest BCUT2D eigenvalue weighted by atomic mass is 16.5. The molecule has 2 aromatic carbocycles. The summed E-state index contributed by atoms with van der Waals surface area (Å²) in [5, 5.41) is 0. The molecule has 0 unspecified atom stereocenters. The predicted molar refractivity (Wildman–Crippen MR) is 106 cm³/mol. The van der Waals surface area contributed by atoms with Crippen molar-refractivity contribution in [1.29, 1.82) is 0 Å². The molecule has 2 aromatic rings. The highest BCUT2D eigenvalue weighted by molar-refractivity contribution is 5.94. The molecule has 0 saturated heterocycles. The van der Waals surface area contributed by atoms with Crippen LogP contribution in [0.2, 0.25) is 0 Å². The van der Waals surface area contributed by atoms with E-state index in [0.29, 0.717) is 18.0 Å². The Bertz CT molecular complexity index is 749. The molecule has 1 saturated carbocycles. The second-order valence-electron chi connectivity index (χ2n) is 7.24. The summed E-state index contributed by atoms with van der Waals surface area (Å²) < 4.78 is 4.75. The van der Waals surface area contributed by atoms with Gasteiger partial charge in [0.25, 0.3) is 5.91 Å². The number of hydrogen-bond donors (Lipinski definition) is 0. The van der Waals surface area contributed by atoms with Crippen LogP contribution in [0.25, 0.3) is 0 Å². The molecule has 4 nitrogen and oxygen atoms in total. The third-order valence-corrected chi connectivity index (χ3v) is 5.26. The third-order valence-electron chi connectivity index (χ3n) is 5.26. The summed E-state index contributed by atoms with van der Waals surface area (Å²) in [6.07, 6.45) is 6.20. The Kier molecular flexibility index (Phi) is 6.64. The first-order chi connectivity index (χ1) is 13.2. The van der Waals surface area contributed by atoms with Crippen LogP contribution in [-0.2, 0) is 11.3 Å². The van der Waals surface area contributed by atoms with Crippen LogP contribution in [0.1, 0.15) is 58.4 Å². The van der Waals surface area contributed by atoms with E-state index in [9.17, 15) is 9.59 Å². The molecule has 0 aromatic heterocycles. The molecule has 1 aliphatic carbocycles. The van der Waals surface area contributed by atoms with Gasteiger partial charge in [-0.3, -0.25) is 4.79 Å². The summed E-state index contributed by atoms with van der Waals surface area (Å²) >= 11 is 0. The minimum Gasteiger partial charge on any atom is -0.465 e. The number of carbonyl (C=O) groups excluding carboxylic acids is 2. The number of ether oxygens (including phenoxy) is 1. The molecule has 1 aliphatic rings. The van der Waals surface area contributed by atoms with E-state index in [1.807, 2.05) is 47.4 Å². The van der Waals surface area contributed by atoms with Crippen molar-refractivity contribution in [2.45, 2.75) is 38.6 Å². The van der Waals surface area contributed by atoms with E-state index in [-0.39, 0.29) is 11.9 Å². The van der Waals surface area contributed by atoms with Crippen LogP contribution in [-0.4, -0.2) is 30.4 Å². The topological polar surface area (TPSA) is 46.6 Å². The van der Waals surface area contributed by atoms with Gasteiger partial charge in [0, 0.05) is 18.7 Å². The number of esters is 1. The number of benzene rings is 2. The van der Waals surface area contributed by atoms with E-state index in [2.05, 4.69) is 0 Å². The fourth-order valence-electron chi connectivity index (χ4n) is 3.75. The van der Waals surface area contributed by atoms with E-state index in [1.165, 1.54) is 39.2 Å². The van der Waals surface area contributed by atoms with E-state index in [4.69, 9.17) is 4.74 Å². The first kappa shape index (κ1) is 19.2. The second kappa shape index (κ2) is 9.36. The van der Waals surface area contributed by atoms with E-state index in [1.54, 1.807) is 12.1 Å². The Balaban J connectivity index is 1.76. The smallest absolute Gasteiger partial charge is 0.337 e. The quantitative estimate of drug-likeness (QED) is 0.697. The van der Waals surface area contributed by atoms with Gasteiger partial charge in [-0.15, -0.1) is 0 Å². The van der Waals surface area contributed by atoms with E-state index < -0.39 is 0 Å². The van der Waals surface area contributed by atoms with E-state index in [0.717, 1.165) is 17.7 Å². The standard InChI is InChI=1S/C23H27NO3/c1-27-23(26)21-14-12-19(13-15-21)17-24(16-18-8-4-2-5-9-18)22(25)20-10-6-3-7-11-20/h3,6-7,10-15,18H,2,4-5,8-9,16-17H2,1H3. The number of carbonyl (C=O) groups is 2. The van der Waals surface area contributed by atoms with Gasteiger partial charge in [0.2, 0.25) is 0 Å². The van der Waals surface area contributed by atoms with Crippen molar-refractivity contribution in [3.8, 4) is 0 Å². The molecule has 0 heterocycles. The Morgan fingerprint density at radius 3 is 2.22 bits per heavy atom. The Morgan fingerprint density at radius 2 is 1.59 bits per heavy atom. The third kappa shape index (κ3) is 5.19. The largest absolute Gasteiger partial charge is 0.465 e. The first-order valence-electron chi connectivity index (χ1n) is 9.69. The van der Waals surface area contributed by atoms with Crippen molar-refractivity contribution < 1.29 is 14.3 Å². The van der Waals surface area contributed by atoms with Gasteiger partial charge in [0.15, 0.2) is 0 Å². The van der Waals surface area contributed by atoms with Crippen molar-refractivity contribution in [1.82, 2.24) is 4.90 Å². The number of rotatable bonds is 6. The maximum Gasteiger partial charge on any atom is 0.337 e. The zero-order valence-corrected chi connectivity index (χ0v) is 15.9. The zero-order valence-electron chi connectivity index (χ0n) is 15.9. The van der Waals surface area contributed by atoms with Gasteiger partial charge in [-0.1, -0.05) is 49.6 Å². The highest BCUT2D eigenvalue weighted by Crippen LogP contribution is 2.25. The van der Waals surface area contributed by atoms with Crippen LogP contribution in [0.3, 0.4) is 0 Å². The molecule has 0 spiro atoms. The van der Waals surface area contributed by atoms with Crippen molar-refractivity contribution in [3.63, 3.8) is 0 Å². The molecule has 1 fully saturated rings. The van der Waals surface area contributed by atoms with Crippen molar-refractivity contribution in [3.05, 3.63) is 71.3 Å². The SMILES string of the molecule is COC(=O)c1ccc(CN(CC2CCCCC2)C(=O)c2ccccc2)cc1. The lowest BCUT2D eigenvalue weighted by Gasteiger charge is -2.30. The molecule has 0 N–H and O–H groups in total. The lowest BCUT2D eigenvalue weighted by molar-refractivity contribution is 0.0599. The summed E-state index contributed by atoms with van der Waals surface area (Å²) in [6.45, 7) is 1.33. The molecule has 0 atom stereocenters. The molecular formula is C23H27NO3. The normalized spacial score (nSPS) is 14.6. The summed E-state index contributed by atoms with van der Waals surface area (Å²) in [6, 6.07) is 16.8. The van der Waals surface area contributed by atoms with Crippen LogP contribution in [0.5, 0.6) is 0 Å². The van der Waals surface area contributed by atoms with E-state index >= 15 is 0 Å².